The molecule has 1 saturated carbocycles. The molecule has 31 heavy (non-hydrogen) atoms. The number of halogens is 3. The predicted octanol–water partition coefficient (Wildman–Crippen LogP) is 6.31. The molecule has 1 fully saturated rings. The Kier molecular flexibility index (Phi) is 8.26. The molecule has 4 nitrogen and oxygen atoms in total. The van der Waals surface area contributed by atoms with Gasteiger partial charge in [0.05, 0.1) is 0 Å². The van der Waals surface area contributed by atoms with Gasteiger partial charge >= 0.3 is 0 Å². The van der Waals surface area contributed by atoms with E-state index in [1.54, 1.807) is 36.4 Å². The summed E-state index contributed by atoms with van der Waals surface area (Å²) >= 11 is 18.3. The first-order valence-electron chi connectivity index (χ1n) is 10.5. The normalized spacial score (nSPS) is 19.5. The lowest BCUT2D eigenvalue weighted by Gasteiger charge is -2.35. The average Bonchev–Trinajstić information content (AvgIpc) is 2.76. The quantitative estimate of drug-likeness (QED) is 0.491. The summed E-state index contributed by atoms with van der Waals surface area (Å²) in [5.74, 6) is -0.491. The molecular formula is C24H27Cl3N2O2. The van der Waals surface area contributed by atoms with Crippen molar-refractivity contribution in [3.63, 3.8) is 0 Å². The SMILES string of the molecule is Cc1ccc(Cl)cc1N(C(=O)CCl)[C@H](C(=O)N[C@@H]1CCCC[C@@H]1C)c1ccc(Cl)cc1. The maximum Gasteiger partial charge on any atom is 0.248 e. The van der Waals surface area contributed by atoms with E-state index in [1.165, 1.54) is 11.3 Å². The van der Waals surface area contributed by atoms with Crippen molar-refractivity contribution in [2.45, 2.75) is 51.6 Å². The Bertz CT molecular complexity index is 933. The molecule has 1 N–H and O–H groups in total. The molecule has 0 radical (unpaired) electrons. The molecule has 0 saturated heterocycles. The van der Waals surface area contributed by atoms with Crippen molar-refractivity contribution in [3.8, 4) is 0 Å². The number of nitrogens with one attached hydrogen (secondary N) is 1. The van der Waals surface area contributed by atoms with Crippen LogP contribution in [-0.2, 0) is 9.59 Å². The van der Waals surface area contributed by atoms with E-state index in [1.807, 2.05) is 13.0 Å². The number of carbonyl (C=O) groups is 2. The summed E-state index contributed by atoms with van der Waals surface area (Å²) in [6.45, 7) is 4.03. The zero-order valence-electron chi connectivity index (χ0n) is 17.7. The van der Waals surface area contributed by atoms with E-state index < -0.39 is 6.04 Å². The van der Waals surface area contributed by atoms with Crippen LogP contribution in [0.1, 0.15) is 49.8 Å². The van der Waals surface area contributed by atoms with E-state index in [4.69, 9.17) is 34.8 Å². The molecule has 3 atom stereocenters. The number of hydrogen-bond donors (Lipinski definition) is 1. The van der Waals surface area contributed by atoms with Crippen LogP contribution in [0.3, 0.4) is 0 Å². The van der Waals surface area contributed by atoms with Crippen molar-refractivity contribution in [2.24, 2.45) is 5.92 Å². The fraction of sp³-hybridized carbons (Fsp3) is 0.417. The third kappa shape index (κ3) is 5.74. The number of rotatable bonds is 6. The molecule has 2 aromatic rings. The molecule has 2 amide bonds. The maximum absolute atomic E-state index is 13.7. The second-order valence-electron chi connectivity index (χ2n) is 8.16. The van der Waals surface area contributed by atoms with Crippen molar-refractivity contribution in [1.29, 1.82) is 0 Å². The number of nitrogens with zero attached hydrogens (tertiary/aromatic N) is 1. The lowest BCUT2D eigenvalue weighted by Crippen LogP contribution is -2.49. The van der Waals surface area contributed by atoms with Crippen LogP contribution in [0.15, 0.2) is 42.5 Å². The van der Waals surface area contributed by atoms with Crippen molar-refractivity contribution in [3.05, 3.63) is 63.6 Å². The Morgan fingerprint density at radius 1 is 1.06 bits per heavy atom. The zero-order chi connectivity index (χ0) is 22.5. The third-order valence-electron chi connectivity index (χ3n) is 5.95. The van der Waals surface area contributed by atoms with Gasteiger partial charge in [-0.2, -0.15) is 0 Å². The van der Waals surface area contributed by atoms with Gasteiger partial charge in [0, 0.05) is 21.8 Å². The highest BCUT2D eigenvalue weighted by Gasteiger charge is 2.35. The van der Waals surface area contributed by atoms with Gasteiger partial charge < -0.3 is 5.32 Å². The summed E-state index contributed by atoms with van der Waals surface area (Å²) in [5, 5.41) is 4.23. The molecule has 3 rings (SSSR count). The van der Waals surface area contributed by atoms with Crippen molar-refractivity contribution < 1.29 is 9.59 Å². The van der Waals surface area contributed by atoms with E-state index in [-0.39, 0.29) is 23.7 Å². The number of amides is 2. The highest BCUT2D eigenvalue weighted by Crippen LogP contribution is 2.34. The summed E-state index contributed by atoms with van der Waals surface area (Å²) in [7, 11) is 0. The second-order valence-corrected chi connectivity index (χ2v) is 9.30. The van der Waals surface area contributed by atoms with Crippen LogP contribution in [0.5, 0.6) is 0 Å². The van der Waals surface area contributed by atoms with Gasteiger partial charge in [0.2, 0.25) is 11.8 Å². The van der Waals surface area contributed by atoms with Crippen LogP contribution in [0.2, 0.25) is 10.0 Å². The molecule has 166 valence electrons. The molecule has 7 heteroatoms. The molecule has 0 unspecified atom stereocenters. The molecule has 1 aliphatic rings. The number of anilines is 1. The van der Waals surface area contributed by atoms with Crippen molar-refractivity contribution in [2.75, 3.05) is 10.8 Å². The molecule has 0 aliphatic heterocycles. The van der Waals surface area contributed by atoms with Gasteiger partial charge in [-0.05, 0) is 61.1 Å². The van der Waals surface area contributed by atoms with Gasteiger partial charge in [-0.15, -0.1) is 11.6 Å². The Morgan fingerprint density at radius 3 is 2.35 bits per heavy atom. The van der Waals surface area contributed by atoms with Gasteiger partial charge in [0.25, 0.3) is 0 Å². The molecule has 1 aliphatic carbocycles. The molecule has 0 heterocycles. The fourth-order valence-corrected chi connectivity index (χ4v) is 4.60. The Labute approximate surface area is 198 Å². The van der Waals surface area contributed by atoms with Crippen LogP contribution in [0.25, 0.3) is 0 Å². The average molecular weight is 482 g/mol. The van der Waals surface area contributed by atoms with Crippen molar-refractivity contribution >= 4 is 52.3 Å². The minimum atomic E-state index is -0.894. The lowest BCUT2D eigenvalue weighted by molar-refractivity contribution is -0.126. The van der Waals surface area contributed by atoms with Crippen LogP contribution in [0, 0.1) is 12.8 Å². The predicted molar refractivity (Wildman–Crippen MR) is 128 cm³/mol. The van der Waals surface area contributed by atoms with Crippen LogP contribution in [0.4, 0.5) is 5.69 Å². The Balaban J connectivity index is 2.07. The number of carbonyl (C=O) groups excluding carboxylic acids is 2. The lowest BCUT2D eigenvalue weighted by atomic mass is 9.85. The first kappa shape index (κ1) is 23.9. The van der Waals surface area contributed by atoms with Crippen LogP contribution in [-0.4, -0.2) is 23.7 Å². The fourth-order valence-electron chi connectivity index (χ4n) is 4.18. The molecule has 0 spiro atoms. The van der Waals surface area contributed by atoms with Crippen LogP contribution >= 0.6 is 34.8 Å². The summed E-state index contributed by atoms with van der Waals surface area (Å²) in [5.41, 5.74) is 2.04. The van der Waals surface area contributed by atoms with E-state index in [0.29, 0.717) is 27.2 Å². The first-order valence-corrected chi connectivity index (χ1v) is 11.8. The van der Waals surface area contributed by atoms with Gasteiger partial charge in [-0.3, -0.25) is 14.5 Å². The zero-order valence-corrected chi connectivity index (χ0v) is 20.0. The van der Waals surface area contributed by atoms with E-state index in [9.17, 15) is 9.59 Å². The maximum atomic E-state index is 13.7. The van der Waals surface area contributed by atoms with E-state index in [2.05, 4.69) is 12.2 Å². The number of aryl methyl sites for hydroxylation is 1. The smallest absolute Gasteiger partial charge is 0.248 e. The minimum Gasteiger partial charge on any atom is -0.351 e. The number of benzene rings is 2. The summed E-state index contributed by atoms with van der Waals surface area (Å²) < 4.78 is 0. The second kappa shape index (κ2) is 10.7. The monoisotopic (exact) mass is 480 g/mol. The number of hydrogen-bond acceptors (Lipinski definition) is 2. The largest absolute Gasteiger partial charge is 0.351 e. The van der Waals surface area contributed by atoms with E-state index >= 15 is 0 Å². The van der Waals surface area contributed by atoms with Gasteiger partial charge in [0.15, 0.2) is 0 Å². The summed E-state index contributed by atoms with van der Waals surface area (Å²) in [4.78, 5) is 28.2. The Hall–Kier alpha value is -1.75. The molecular weight excluding hydrogens is 455 g/mol. The van der Waals surface area contributed by atoms with Gasteiger partial charge in [-0.1, -0.05) is 61.2 Å². The van der Waals surface area contributed by atoms with Crippen molar-refractivity contribution in [1.82, 2.24) is 5.32 Å². The standard InChI is InChI=1S/C24H27Cl3N2O2/c1-15-5-3-4-6-20(15)28-24(31)23(17-8-11-18(26)12-9-17)29(22(30)14-25)21-13-19(27)10-7-16(21)2/h7-13,15,20,23H,3-6,14H2,1-2H3,(H,28,31)/t15-,20+,23-/m0/s1. The van der Waals surface area contributed by atoms with Gasteiger partial charge in [0.1, 0.15) is 11.9 Å². The summed E-state index contributed by atoms with van der Waals surface area (Å²) in [6, 6.07) is 11.4. The topological polar surface area (TPSA) is 49.4 Å². The van der Waals surface area contributed by atoms with Gasteiger partial charge in [-0.25, -0.2) is 0 Å². The Morgan fingerprint density at radius 2 is 1.71 bits per heavy atom. The van der Waals surface area contributed by atoms with Crippen LogP contribution < -0.4 is 10.2 Å². The number of alkyl halides is 1. The summed E-state index contributed by atoms with van der Waals surface area (Å²) in [6.07, 6.45) is 4.26. The highest BCUT2D eigenvalue weighted by molar-refractivity contribution is 6.32. The highest BCUT2D eigenvalue weighted by atomic mass is 35.5. The van der Waals surface area contributed by atoms with E-state index in [0.717, 1.165) is 24.8 Å². The molecule has 2 aromatic carbocycles. The first-order chi connectivity index (χ1) is 14.8. The molecule has 0 bridgehead atoms. The third-order valence-corrected chi connectivity index (χ3v) is 6.66. The molecule has 0 aromatic heterocycles. The minimum absolute atomic E-state index is 0.0736.